The van der Waals surface area contributed by atoms with Crippen molar-refractivity contribution in [2.24, 2.45) is 5.10 Å². The first kappa shape index (κ1) is 20.9. The van der Waals surface area contributed by atoms with Gasteiger partial charge in [0.2, 0.25) is 0 Å². The Morgan fingerprint density at radius 2 is 1.90 bits per heavy atom. The number of hydrogen-bond acceptors (Lipinski definition) is 4. The average molecular weight is 417 g/mol. The van der Waals surface area contributed by atoms with Crippen molar-refractivity contribution in [1.82, 2.24) is 14.9 Å². The van der Waals surface area contributed by atoms with E-state index in [1.165, 1.54) is 0 Å². The van der Waals surface area contributed by atoms with E-state index >= 15 is 0 Å². The quantitative estimate of drug-likeness (QED) is 0.472. The van der Waals surface area contributed by atoms with Crippen molar-refractivity contribution in [2.75, 3.05) is 20.2 Å². The van der Waals surface area contributed by atoms with Crippen LogP contribution in [-0.4, -0.2) is 47.7 Å². The van der Waals surface area contributed by atoms with Gasteiger partial charge in [-0.2, -0.15) is 5.10 Å². The molecule has 0 aliphatic carbocycles. The van der Waals surface area contributed by atoms with Crippen LogP contribution in [0.1, 0.15) is 36.2 Å². The molecule has 3 rings (SSSR count). The number of aryl methyl sites for hydroxylation is 1. The molecule has 1 aromatic heterocycles. The normalized spacial score (nSPS) is 14.3. The van der Waals surface area contributed by atoms with Crippen LogP contribution in [0.3, 0.4) is 0 Å². The molecule has 1 aliphatic heterocycles. The molecule has 0 bridgehead atoms. The van der Waals surface area contributed by atoms with E-state index in [0.29, 0.717) is 23.9 Å². The Morgan fingerprint density at radius 3 is 2.55 bits per heavy atom. The summed E-state index contributed by atoms with van der Waals surface area (Å²) in [6.45, 7) is 5.18. The molecule has 1 aromatic carbocycles. The van der Waals surface area contributed by atoms with Crippen LogP contribution in [0.25, 0.3) is 5.69 Å². The van der Waals surface area contributed by atoms with Crippen molar-refractivity contribution in [3.05, 3.63) is 46.2 Å². The number of aromatic nitrogens is 1. The Morgan fingerprint density at radius 1 is 1.17 bits per heavy atom. The van der Waals surface area contributed by atoms with E-state index in [9.17, 15) is 9.59 Å². The van der Waals surface area contributed by atoms with Crippen LogP contribution in [0.15, 0.2) is 29.4 Å². The minimum Gasteiger partial charge on any atom is -0.495 e. The van der Waals surface area contributed by atoms with Gasteiger partial charge in [-0.05, 0) is 57.4 Å². The molecule has 154 valence electrons. The zero-order valence-electron chi connectivity index (χ0n) is 16.9. The van der Waals surface area contributed by atoms with Gasteiger partial charge in [-0.25, -0.2) is 5.43 Å². The summed E-state index contributed by atoms with van der Waals surface area (Å²) >= 11 is 6.25. The molecule has 0 radical (unpaired) electrons. The van der Waals surface area contributed by atoms with Gasteiger partial charge < -0.3 is 14.2 Å². The molecule has 1 N–H and O–H groups in total. The second-order valence-corrected chi connectivity index (χ2v) is 7.44. The third kappa shape index (κ3) is 4.62. The third-order valence-corrected chi connectivity index (χ3v) is 5.37. The lowest BCUT2D eigenvalue weighted by atomic mass is 10.1. The highest BCUT2D eigenvalue weighted by Gasteiger charge is 2.22. The molecular formula is C21H25ClN4O3. The Balaban J connectivity index is 1.72. The predicted octanol–water partition coefficient (Wildman–Crippen LogP) is 3.22. The fourth-order valence-electron chi connectivity index (χ4n) is 3.56. The molecule has 7 nitrogen and oxygen atoms in total. The summed E-state index contributed by atoms with van der Waals surface area (Å²) in [4.78, 5) is 25.8. The van der Waals surface area contributed by atoms with E-state index in [1.54, 1.807) is 18.2 Å². The number of piperidine rings is 1. The van der Waals surface area contributed by atoms with Crippen molar-refractivity contribution in [3.63, 3.8) is 0 Å². The van der Waals surface area contributed by atoms with Gasteiger partial charge in [-0.1, -0.05) is 11.6 Å². The number of amides is 2. The Bertz CT molecular complexity index is 946. The summed E-state index contributed by atoms with van der Waals surface area (Å²) in [6.07, 6.45) is 4.51. The summed E-state index contributed by atoms with van der Waals surface area (Å²) in [5.41, 5.74) is 5.99. The summed E-state index contributed by atoms with van der Waals surface area (Å²) in [7, 11) is 1.58. The van der Waals surface area contributed by atoms with Gasteiger partial charge in [0.05, 0.1) is 18.3 Å². The zero-order chi connectivity index (χ0) is 21.0. The molecule has 1 fully saturated rings. The maximum Gasteiger partial charge on any atom is 0.329 e. The van der Waals surface area contributed by atoms with Crippen molar-refractivity contribution in [1.29, 1.82) is 0 Å². The van der Waals surface area contributed by atoms with E-state index in [1.807, 2.05) is 42.7 Å². The maximum atomic E-state index is 12.1. The van der Waals surface area contributed by atoms with Gasteiger partial charge >= 0.3 is 11.8 Å². The second kappa shape index (κ2) is 9.13. The number of hydrazone groups is 1. The van der Waals surface area contributed by atoms with E-state index in [0.717, 1.165) is 41.9 Å². The Hall–Kier alpha value is -2.80. The third-order valence-electron chi connectivity index (χ3n) is 5.07. The van der Waals surface area contributed by atoms with Gasteiger partial charge in [-0.3, -0.25) is 9.59 Å². The number of methoxy groups -OCH3 is 1. The van der Waals surface area contributed by atoms with Crippen molar-refractivity contribution in [3.8, 4) is 11.4 Å². The van der Waals surface area contributed by atoms with Gasteiger partial charge in [0.1, 0.15) is 5.75 Å². The lowest BCUT2D eigenvalue weighted by Gasteiger charge is -2.25. The maximum absolute atomic E-state index is 12.1. The first-order valence-electron chi connectivity index (χ1n) is 9.57. The minimum atomic E-state index is -0.709. The molecule has 0 saturated carbocycles. The van der Waals surface area contributed by atoms with Gasteiger partial charge in [0.25, 0.3) is 0 Å². The molecule has 2 amide bonds. The number of rotatable bonds is 4. The van der Waals surface area contributed by atoms with Gasteiger partial charge in [0.15, 0.2) is 0 Å². The van der Waals surface area contributed by atoms with E-state index in [4.69, 9.17) is 16.3 Å². The average Bonchev–Trinajstić information content (AvgIpc) is 3.01. The molecule has 1 saturated heterocycles. The van der Waals surface area contributed by atoms with Crippen LogP contribution < -0.4 is 10.2 Å². The van der Waals surface area contributed by atoms with E-state index in [-0.39, 0.29) is 0 Å². The molecule has 1 aliphatic rings. The first-order valence-corrected chi connectivity index (χ1v) is 9.95. The lowest BCUT2D eigenvalue weighted by molar-refractivity contribution is -0.146. The molecule has 0 spiro atoms. The Kier molecular flexibility index (Phi) is 6.59. The largest absolute Gasteiger partial charge is 0.495 e. The highest BCUT2D eigenvalue weighted by molar-refractivity contribution is 6.35. The molecule has 2 aromatic rings. The van der Waals surface area contributed by atoms with E-state index in [2.05, 4.69) is 10.5 Å². The van der Waals surface area contributed by atoms with Crippen LogP contribution in [0.4, 0.5) is 0 Å². The topological polar surface area (TPSA) is 75.9 Å². The molecule has 2 heterocycles. The number of hydrogen-bond donors (Lipinski definition) is 1. The number of likely N-dealkylation sites (tertiary alicyclic amines) is 1. The molecule has 0 unspecified atom stereocenters. The standard InChI is InChI=1S/C21H25ClN4O3/c1-14-11-16(13-23-24-20(27)21(28)25-9-5-4-6-10-25)15(2)26(14)17-7-8-19(29-3)18(22)12-17/h7-8,11-13H,4-6,9-10H2,1-3H3,(H,24,27)/b23-13-. The van der Waals surface area contributed by atoms with Crippen molar-refractivity contribution in [2.45, 2.75) is 33.1 Å². The summed E-state index contributed by atoms with van der Waals surface area (Å²) in [6, 6.07) is 7.53. The number of nitrogens with one attached hydrogen (secondary N) is 1. The van der Waals surface area contributed by atoms with Crippen LogP contribution in [0.2, 0.25) is 5.02 Å². The molecule has 0 atom stereocenters. The number of carbonyl (C=O) groups excluding carboxylic acids is 2. The lowest BCUT2D eigenvalue weighted by Crippen LogP contribution is -2.43. The first-order chi connectivity index (χ1) is 13.9. The van der Waals surface area contributed by atoms with Crippen molar-refractivity contribution < 1.29 is 14.3 Å². The van der Waals surface area contributed by atoms with Gasteiger partial charge in [-0.15, -0.1) is 0 Å². The monoisotopic (exact) mass is 416 g/mol. The molecule has 8 heteroatoms. The van der Waals surface area contributed by atoms with E-state index < -0.39 is 11.8 Å². The number of ether oxygens (including phenoxy) is 1. The van der Waals surface area contributed by atoms with Crippen LogP contribution in [-0.2, 0) is 9.59 Å². The minimum absolute atomic E-state index is 0.524. The number of benzene rings is 1. The fraction of sp³-hybridized carbons (Fsp3) is 0.381. The summed E-state index contributed by atoms with van der Waals surface area (Å²) in [5.74, 6) is -0.625. The summed E-state index contributed by atoms with van der Waals surface area (Å²) in [5, 5.41) is 4.50. The number of nitrogens with zero attached hydrogens (tertiary/aromatic N) is 3. The smallest absolute Gasteiger partial charge is 0.329 e. The fourth-order valence-corrected chi connectivity index (χ4v) is 3.81. The highest BCUT2D eigenvalue weighted by Crippen LogP contribution is 2.28. The highest BCUT2D eigenvalue weighted by atomic mass is 35.5. The zero-order valence-corrected chi connectivity index (χ0v) is 17.6. The molecule has 29 heavy (non-hydrogen) atoms. The van der Waals surface area contributed by atoms with Crippen LogP contribution >= 0.6 is 11.6 Å². The number of halogens is 1. The van der Waals surface area contributed by atoms with Crippen molar-refractivity contribution >= 4 is 29.6 Å². The van der Waals surface area contributed by atoms with Crippen LogP contribution in [0, 0.1) is 13.8 Å². The predicted molar refractivity (Wildman–Crippen MR) is 113 cm³/mol. The number of carbonyl (C=O) groups is 2. The second-order valence-electron chi connectivity index (χ2n) is 7.03. The molecular weight excluding hydrogens is 392 g/mol. The SMILES string of the molecule is COc1ccc(-n2c(C)cc(/C=N\NC(=O)C(=O)N3CCCCC3)c2C)cc1Cl. The Labute approximate surface area is 175 Å². The summed E-state index contributed by atoms with van der Waals surface area (Å²) < 4.78 is 7.24. The van der Waals surface area contributed by atoms with Crippen LogP contribution in [0.5, 0.6) is 5.75 Å². The van der Waals surface area contributed by atoms with Gasteiger partial charge in [0, 0.05) is 35.7 Å².